The van der Waals surface area contributed by atoms with Crippen LogP contribution in [0.4, 0.5) is 13.9 Å². The van der Waals surface area contributed by atoms with Crippen LogP contribution < -0.4 is 15.2 Å². The van der Waals surface area contributed by atoms with Gasteiger partial charge in [0.25, 0.3) is 0 Å². The molecule has 0 aliphatic heterocycles. The Hall–Kier alpha value is -1.85. The van der Waals surface area contributed by atoms with Crippen molar-refractivity contribution in [3.63, 3.8) is 0 Å². The highest BCUT2D eigenvalue weighted by atomic mass is 32.2. The molecule has 11 heteroatoms. The molecule has 0 aliphatic carbocycles. The van der Waals surface area contributed by atoms with Gasteiger partial charge in [-0.2, -0.15) is 8.78 Å². The number of hydrogen-bond acceptors (Lipinski definition) is 7. The average Bonchev–Trinajstić information content (AvgIpc) is 2.86. The molecule has 2 rings (SSSR count). The summed E-state index contributed by atoms with van der Waals surface area (Å²) in [6.45, 7) is -2.66. The van der Waals surface area contributed by atoms with Gasteiger partial charge in [0.2, 0.25) is 10.0 Å². The van der Waals surface area contributed by atoms with E-state index in [-0.39, 0.29) is 16.5 Å². The zero-order valence-electron chi connectivity index (χ0n) is 10.4. The SMILES string of the molecule is NS(=O)(=O)c1cnc(NCc2ccc(OC(F)F)cn2)s1. The number of ether oxygens (including phenoxy) is 1. The van der Waals surface area contributed by atoms with Crippen LogP contribution in [0.3, 0.4) is 0 Å². The number of nitrogens with zero attached hydrogens (tertiary/aromatic N) is 2. The maximum Gasteiger partial charge on any atom is 0.387 e. The summed E-state index contributed by atoms with van der Waals surface area (Å²) in [5, 5.41) is 8.17. The van der Waals surface area contributed by atoms with E-state index in [9.17, 15) is 17.2 Å². The van der Waals surface area contributed by atoms with Crippen molar-refractivity contribution in [1.29, 1.82) is 0 Å². The molecule has 21 heavy (non-hydrogen) atoms. The first-order valence-electron chi connectivity index (χ1n) is 5.47. The topological polar surface area (TPSA) is 107 Å². The second-order valence-corrected chi connectivity index (χ2v) is 6.57. The third-order valence-corrected chi connectivity index (χ3v) is 4.57. The predicted molar refractivity (Wildman–Crippen MR) is 71.7 cm³/mol. The number of alkyl halides is 2. The summed E-state index contributed by atoms with van der Waals surface area (Å²) in [4.78, 5) is 7.77. The fourth-order valence-corrected chi connectivity index (χ4v) is 2.77. The van der Waals surface area contributed by atoms with Crippen LogP contribution in [-0.2, 0) is 16.6 Å². The van der Waals surface area contributed by atoms with E-state index in [4.69, 9.17) is 5.14 Å². The van der Waals surface area contributed by atoms with Gasteiger partial charge in [0.1, 0.15) is 5.75 Å². The number of rotatable bonds is 6. The molecule has 2 aromatic heterocycles. The van der Waals surface area contributed by atoms with Crippen molar-refractivity contribution in [2.24, 2.45) is 5.14 Å². The summed E-state index contributed by atoms with van der Waals surface area (Å²) in [6, 6.07) is 2.85. The lowest BCUT2D eigenvalue weighted by molar-refractivity contribution is -0.0500. The zero-order chi connectivity index (χ0) is 15.5. The van der Waals surface area contributed by atoms with Crippen LogP contribution in [-0.4, -0.2) is 25.0 Å². The highest BCUT2D eigenvalue weighted by Crippen LogP contribution is 2.22. The Balaban J connectivity index is 1.95. The fraction of sp³-hybridized carbons (Fsp3) is 0.200. The lowest BCUT2D eigenvalue weighted by Gasteiger charge is -2.05. The van der Waals surface area contributed by atoms with Crippen LogP contribution in [0.5, 0.6) is 5.75 Å². The minimum atomic E-state index is -3.77. The van der Waals surface area contributed by atoms with Gasteiger partial charge < -0.3 is 10.1 Å². The van der Waals surface area contributed by atoms with Gasteiger partial charge in [-0.1, -0.05) is 11.3 Å². The van der Waals surface area contributed by atoms with Crippen molar-refractivity contribution >= 4 is 26.5 Å². The van der Waals surface area contributed by atoms with E-state index in [1.165, 1.54) is 18.3 Å². The summed E-state index contributed by atoms with van der Waals surface area (Å²) in [5.41, 5.74) is 0.545. The zero-order valence-corrected chi connectivity index (χ0v) is 12.0. The molecule has 7 nitrogen and oxygen atoms in total. The number of aromatic nitrogens is 2. The number of hydrogen-bond donors (Lipinski definition) is 2. The number of pyridine rings is 1. The molecular formula is C10H10F2N4O3S2. The molecule has 2 heterocycles. The summed E-state index contributed by atoms with van der Waals surface area (Å²) in [7, 11) is -3.77. The van der Waals surface area contributed by atoms with Crippen molar-refractivity contribution in [3.8, 4) is 5.75 Å². The summed E-state index contributed by atoms with van der Waals surface area (Å²) in [5.74, 6) is -0.0421. The Kier molecular flexibility index (Phi) is 4.65. The van der Waals surface area contributed by atoms with Gasteiger partial charge >= 0.3 is 6.61 Å². The van der Waals surface area contributed by atoms with Gasteiger partial charge in [-0.25, -0.2) is 18.5 Å². The smallest absolute Gasteiger partial charge is 0.387 e. The molecular weight excluding hydrogens is 326 g/mol. The first-order valence-corrected chi connectivity index (χ1v) is 7.83. The van der Waals surface area contributed by atoms with Crippen LogP contribution in [0.25, 0.3) is 0 Å². The highest BCUT2D eigenvalue weighted by molar-refractivity contribution is 7.91. The number of nitrogens with one attached hydrogen (secondary N) is 1. The van der Waals surface area contributed by atoms with Crippen LogP contribution >= 0.6 is 11.3 Å². The number of primary sulfonamides is 1. The van der Waals surface area contributed by atoms with E-state index >= 15 is 0 Å². The van der Waals surface area contributed by atoms with Crippen molar-refractivity contribution in [2.75, 3.05) is 5.32 Å². The Labute approximate surface area is 122 Å². The summed E-state index contributed by atoms with van der Waals surface area (Å²) in [6.07, 6.45) is 2.32. The molecule has 0 unspecified atom stereocenters. The van der Waals surface area contributed by atoms with E-state index < -0.39 is 16.6 Å². The monoisotopic (exact) mass is 336 g/mol. The first kappa shape index (κ1) is 15.5. The number of halogens is 2. The lowest BCUT2D eigenvalue weighted by Crippen LogP contribution is -2.09. The van der Waals surface area contributed by atoms with Crippen LogP contribution in [0.2, 0.25) is 0 Å². The molecule has 0 bridgehead atoms. The lowest BCUT2D eigenvalue weighted by atomic mass is 10.3. The van der Waals surface area contributed by atoms with E-state index in [1.54, 1.807) is 0 Å². The minimum absolute atomic E-state index is 0.0421. The number of anilines is 1. The van der Waals surface area contributed by atoms with Crippen LogP contribution in [0.15, 0.2) is 28.7 Å². The minimum Gasteiger partial charge on any atom is -0.433 e. The van der Waals surface area contributed by atoms with Crippen molar-refractivity contribution in [3.05, 3.63) is 30.2 Å². The maximum atomic E-state index is 12.0. The molecule has 0 aliphatic rings. The molecule has 114 valence electrons. The predicted octanol–water partition coefficient (Wildman–Crippen LogP) is 1.40. The molecule has 0 saturated heterocycles. The molecule has 0 aromatic carbocycles. The highest BCUT2D eigenvalue weighted by Gasteiger charge is 2.12. The van der Waals surface area contributed by atoms with E-state index in [2.05, 4.69) is 20.0 Å². The third-order valence-electron chi connectivity index (χ3n) is 2.21. The Morgan fingerprint density at radius 1 is 1.33 bits per heavy atom. The summed E-state index contributed by atoms with van der Waals surface area (Å²) >= 11 is 0.884. The maximum absolute atomic E-state index is 12.0. The van der Waals surface area contributed by atoms with E-state index in [0.717, 1.165) is 17.5 Å². The van der Waals surface area contributed by atoms with Gasteiger partial charge in [-0.05, 0) is 12.1 Å². The molecule has 0 amide bonds. The average molecular weight is 336 g/mol. The van der Waals surface area contributed by atoms with Gasteiger partial charge in [0.15, 0.2) is 9.34 Å². The quantitative estimate of drug-likeness (QED) is 0.826. The molecule has 0 fully saturated rings. The van der Waals surface area contributed by atoms with E-state index in [1.807, 2.05) is 0 Å². The molecule has 2 aromatic rings. The molecule has 0 spiro atoms. The third kappa shape index (κ3) is 4.58. The number of nitrogens with two attached hydrogens (primary N) is 1. The van der Waals surface area contributed by atoms with Crippen LogP contribution in [0, 0.1) is 0 Å². The standard InChI is InChI=1S/C10H10F2N4O3S2/c11-9(12)19-7-2-1-6(14-4-7)3-15-10-16-5-8(20-10)21(13,17)18/h1-2,4-5,9H,3H2,(H,15,16)(H2,13,17,18). The molecule has 0 saturated carbocycles. The molecule has 3 N–H and O–H groups in total. The van der Waals surface area contributed by atoms with Gasteiger partial charge in [0, 0.05) is 0 Å². The van der Waals surface area contributed by atoms with Gasteiger partial charge in [-0.3, -0.25) is 4.98 Å². The normalized spacial score (nSPS) is 11.6. The Morgan fingerprint density at radius 3 is 2.62 bits per heavy atom. The Morgan fingerprint density at radius 2 is 2.10 bits per heavy atom. The number of thiazole rings is 1. The second kappa shape index (κ2) is 6.28. The van der Waals surface area contributed by atoms with Crippen molar-refractivity contribution < 1.29 is 21.9 Å². The van der Waals surface area contributed by atoms with Gasteiger partial charge in [-0.15, -0.1) is 0 Å². The summed E-state index contributed by atoms with van der Waals surface area (Å²) < 4.78 is 50.2. The van der Waals surface area contributed by atoms with E-state index in [0.29, 0.717) is 10.8 Å². The number of sulfonamides is 1. The largest absolute Gasteiger partial charge is 0.433 e. The molecule has 0 atom stereocenters. The second-order valence-electron chi connectivity index (χ2n) is 3.75. The molecule has 0 radical (unpaired) electrons. The Bertz CT molecular complexity index is 703. The van der Waals surface area contributed by atoms with Crippen LogP contribution in [0.1, 0.15) is 5.69 Å². The van der Waals surface area contributed by atoms with Crippen molar-refractivity contribution in [2.45, 2.75) is 17.4 Å². The fourth-order valence-electron chi connectivity index (χ4n) is 1.33. The first-order chi connectivity index (χ1) is 9.84. The van der Waals surface area contributed by atoms with Crippen molar-refractivity contribution in [1.82, 2.24) is 9.97 Å². The van der Waals surface area contributed by atoms with Gasteiger partial charge in [0.05, 0.1) is 24.6 Å².